The lowest BCUT2D eigenvalue weighted by molar-refractivity contribution is 0.413. The van der Waals surface area contributed by atoms with Crippen molar-refractivity contribution in [2.45, 2.75) is 26.4 Å². The summed E-state index contributed by atoms with van der Waals surface area (Å²) in [5.74, 6) is 0.867. The number of ether oxygens (including phenoxy) is 1. The van der Waals surface area contributed by atoms with Gasteiger partial charge in [0, 0.05) is 25.2 Å². The SMILES string of the molecule is COc1cccc([C@@H](C)NCc2c(C)nn(C)c2Cl)c1. The molecule has 0 aliphatic carbocycles. The third-order valence-electron chi connectivity index (χ3n) is 3.45. The molecule has 0 radical (unpaired) electrons. The van der Waals surface area contributed by atoms with E-state index in [-0.39, 0.29) is 6.04 Å². The van der Waals surface area contributed by atoms with E-state index in [0.29, 0.717) is 11.7 Å². The topological polar surface area (TPSA) is 39.1 Å². The molecule has 2 rings (SSSR count). The standard InChI is InChI=1S/C15H20ClN3O/c1-10(12-6-5-7-13(8-12)20-4)17-9-14-11(2)18-19(3)15(14)16/h5-8,10,17H,9H2,1-4H3/t10-/m1/s1. The second-order valence-electron chi connectivity index (χ2n) is 4.86. The van der Waals surface area contributed by atoms with Gasteiger partial charge in [-0.25, -0.2) is 0 Å². The summed E-state index contributed by atoms with van der Waals surface area (Å²) in [4.78, 5) is 0. The maximum absolute atomic E-state index is 6.23. The summed E-state index contributed by atoms with van der Waals surface area (Å²) in [6.45, 7) is 4.78. The number of nitrogens with one attached hydrogen (secondary N) is 1. The van der Waals surface area contributed by atoms with Gasteiger partial charge in [0.2, 0.25) is 0 Å². The molecule has 0 aliphatic rings. The van der Waals surface area contributed by atoms with Crippen molar-refractivity contribution in [1.82, 2.24) is 15.1 Å². The lowest BCUT2D eigenvalue weighted by Gasteiger charge is -2.15. The van der Waals surface area contributed by atoms with Gasteiger partial charge in [-0.2, -0.15) is 5.10 Å². The number of nitrogens with zero attached hydrogens (tertiary/aromatic N) is 2. The number of benzene rings is 1. The number of rotatable bonds is 5. The van der Waals surface area contributed by atoms with Crippen LogP contribution in [0.3, 0.4) is 0 Å². The molecule has 4 nitrogen and oxygen atoms in total. The average molecular weight is 294 g/mol. The van der Waals surface area contributed by atoms with Gasteiger partial charge >= 0.3 is 0 Å². The first-order valence-corrected chi connectivity index (χ1v) is 6.96. The quantitative estimate of drug-likeness (QED) is 0.920. The van der Waals surface area contributed by atoms with Crippen LogP contribution in [-0.4, -0.2) is 16.9 Å². The molecular formula is C15H20ClN3O. The summed E-state index contributed by atoms with van der Waals surface area (Å²) in [5.41, 5.74) is 3.19. The zero-order chi connectivity index (χ0) is 14.7. The Morgan fingerprint density at radius 3 is 2.80 bits per heavy atom. The van der Waals surface area contributed by atoms with Crippen LogP contribution >= 0.6 is 11.6 Å². The Bertz CT molecular complexity index is 595. The van der Waals surface area contributed by atoms with Crippen molar-refractivity contribution in [2.75, 3.05) is 7.11 Å². The minimum absolute atomic E-state index is 0.209. The Balaban J connectivity index is 2.06. The van der Waals surface area contributed by atoms with Crippen molar-refractivity contribution in [2.24, 2.45) is 7.05 Å². The second kappa shape index (κ2) is 6.29. The van der Waals surface area contributed by atoms with Crippen LogP contribution in [0.4, 0.5) is 0 Å². The van der Waals surface area contributed by atoms with E-state index in [1.807, 2.05) is 32.2 Å². The fourth-order valence-electron chi connectivity index (χ4n) is 2.16. The third kappa shape index (κ3) is 3.14. The molecule has 5 heteroatoms. The predicted octanol–water partition coefficient (Wildman–Crippen LogP) is 3.24. The van der Waals surface area contributed by atoms with Crippen LogP contribution < -0.4 is 10.1 Å². The third-order valence-corrected chi connectivity index (χ3v) is 3.92. The van der Waals surface area contributed by atoms with Crippen molar-refractivity contribution in [3.63, 3.8) is 0 Å². The second-order valence-corrected chi connectivity index (χ2v) is 5.22. The van der Waals surface area contributed by atoms with Gasteiger partial charge in [-0.15, -0.1) is 0 Å². The highest BCUT2D eigenvalue weighted by molar-refractivity contribution is 6.30. The first-order valence-electron chi connectivity index (χ1n) is 6.58. The van der Waals surface area contributed by atoms with Gasteiger partial charge in [-0.05, 0) is 31.5 Å². The largest absolute Gasteiger partial charge is 0.497 e. The molecule has 1 aromatic heterocycles. The molecule has 0 bridgehead atoms. The normalized spacial score (nSPS) is 12.4. The van der Waals surface area contributed by atoms with E-state index < -0.39 is 0 Å². The van der Waals surface area contributed by atoms with Crippen LogP contribution in [-0.2, 0) is 13.6 Å². The molecular weight excluding hydrogens is 274 g/mol. The Kier molecular flexibility index (Phi) is 4.68. The van der Waals surface area contributed by atoms with Gasteiger partial charge in [-0.3, -0.25) is 4.68 Å². The molecule has 1 atom stereocenters. The molecule has 1 N–H and O–H groups in total. The molecule has 0 saturated heterocycles. The monoisotopic (exact) mass is 293 g/mol. The van der Waals surface area contributed by atoms with E-state index >= 15 is 0 Å². The molecule has 0 fully saturated rings. The summed E-state index contributed by atoms with van der Waals surface area (Å²) in [5, 5.41) is 8.47. The van der Waals surface area contributed by atoms with Crippen LogP contribution in [0.2, 0.25) is 5.15 Å². The van der Waals surface area contributed by atoms with Crippen LogP contribution in [0.5, 0.6) is 5.75 Å². The van der Waals surface area contributed by atoms with Crippen LogP contribution in [0, 0.1) is 6.92 Å². The molecule has 1 heterocycles. The Morgan fingerprint density at radius 1 is 1.45 bits per heavy atom. The van der Waals surface area contributed by atoms with E-state index in [1.54, 1.807) is 11.8 Å². The molecule has 0 saturated carbocycles. The van der Waals surface area contributed by atoms with Crippen molar-refractivity contribution in [3.05, 3.63) is 46.2 Å². The highest BCUT2D eigenvalue weighted by Crippen LogP contribution is 2.22. The van der Waals surface area contributed by atoms with Crippen LogP contribution in [0.25, 0.3) is 0 Å². The Hall–Kier alpha value is -1.52. The van der Waals surface area contributed by atoms with Crippen molar-refractivity contribution < 1.29 is 4.74 Å². The lowest BCUT2D eigenvalue weighted by atomic mass is 10.1. The number of aryl methyl sites for hydroxylation is 2. The summed E-state index contributed by atoms with van der Waals surface area (Å²) in [6, 6.07) is 8.26. The van der Waals surface area contributed by atoms with E-state index in [0.717, 1.165) is 17.0 Å². The molecule has 0 spiro atoms. The van der Waals surface area contributed by atoms with Gasteiger partial charge in [-0.1, -0.05) is 23.7 Å². The number of methoxy groups -OCH3 is 1. The van der Waals surface area contributed by atoms with E-state index in [1.165, 1.54) is 5.56 Å². The zero-order valence-electron chi connectivity index (χ0n) is 12.3. The molecule has 108 valence electrons. The van der Waals surface area contributed by atoms with E-state index in [2.05, 4.69) is 23.4 Å². The van der Waals surface area contributed by atoms with Crippen molar-refractivity contribution in [1.29, 1.82) is 0 Å². The fraction of sp³-hybridized carbons (Fsp3) is 0.400. The first-order chi connectivity index (χ1) is 9.52. The van der Waals surface area contributed by atoms with E-state index in [4.69, 9.17) is 16.3 Å². The number of hydrogen-bond donors (Lipinski definition) is 1. The molecule has 0 unspecified atom stereocenters. The Labute approximate surface area is 124 Å². The van der Waals surface area contributed by atoms with Gasteiger partial charge < -0.3 is 10.1 Å². The van der Waals surface area contributed by atoms with Gasteiger partial charge in [0.05, 0.1) is 12.8 Å². The van der Waals surface area contributed by atoms with Gasteiger partial charge in [0.15, 0.2) is 0 Å². The Morgan fingerprint density at radius 2 is 2.20 bits per heavy atom. The summed E-state index contributed by atoms with van der Waals surface area (Å²) in [6.07, 6.45) is 0. The smallest absolute Gasteiger partial charge is 0.131 e. The minimum atomic E-state index is 0.209. The minimum Gasteiger partial charge on any atom is -0.497 e. The summed E-state index contributed by atoms with van der Waals surface area (Å²) in [7, 11) is 3.53. The van der Waals surface area contributed by atoms with Gasteiger partial charge in [0.1, 0.15) is 10.9 Å². The number of aromatic nitrogens is 2. The summed E-state index contributed by atoms with van der Waals surface area (Å²) < 4.78 is 6.95. The van der Waals surface area contributed by atoms with Crippen LogP contribution in [0.15, 0.2) is 24.3 Å². The number of hydrogen-bond acceptors (Lipinski definition) is 3. The van der Waals surface area contributed by atoms with E-state index in [9.17, 15) is 0 Å². The molecule has 0 aliphatic heterocycles. The van der Waals surface area contributed by atoms with Gasteiger partial charge in [0.25, 0.3) is 0 Å². The molecule has 20 heavy (non-hydrogen) atoms. The maximum Gasteiger partial charge on any atom is 0.131 e. The summed E-state index contributed by atoms with van der Waals surface area (Å²) >= 11 is 6.23. The lowest BCUT2D eigenvalue weighted by Crippen LogP contribution is -2.18. The number of halogens is 1. The fourth-order valence-corrected chi connectivity index (χ4v) is 2.40. The molecule has 2 aromatic rings. The highest BCUT2D eigenvalue weighted by atomic mass is 35.5. The first kappa shape index (κ1) is 14.9. The highest BCUT2D eigenvalue weighted by Gasteiger charge is 2.13. The van der Waals surface area contributed by atoms with Crippen LogP contribution in [0.1, 0.15) is 29.8 Å². The van der Waals surface area contributed by atoms with Crippen molar-refractivity contribution in [3.8, 4) is 5.75 Å². The predicted molar refractivity (Wildman–Crippen MR) is 81.2 cm³/mol. The molecule has 1 aromatic carbocycles. The molecule has 0 amide bonds. The van der Waals surface area contributed by atoms with Crippen molar-refractivity contribution >= 4 is 11.6 Å². The maximum atomic E-state index is 6.23. The zero-order valence-corrected chi connectivity index (χ0v) is 13.0. The average Bonchev–Trinajstić information content (AvgIpc) is 2.70.